The van der Waals surface area contributed by atoms with Gasteiger partial charge in [0, 0.05) is 13.1 Å². The largest absolute Gasteiger partial charge is 0.489 e. The molecule has 0 saturated heterocycles. The van der Waals surface area contributed by atoms with Gasteiger partial charge in [-0.2, -0.15) is 0 Å². The van der Waals surface area contributed by atoms with Gasteiger partial charge in [-0.05, 0) is 19.1 Å². The van der Waals surface area contributed by atoms with E-state index in [1.807, 2.05) is 25.1 Å². The molecule has 2 aliphatic heterocycles. The number of amides is 1. The van der Waals surface area contributed by atoms with Crippen molar-refractivity contribution in [3.63, 3.8) is 0 Å². The fourth-order valence-corrected chi connectivity index (χ4v) is 2.50. The number of benzene rings is 1. The van der Waals surface area contributed by atoms with Crippen LogP contribution in [0.5, 0.6) is 5.75 Å². The zero-order valence-corrected chi connectivity index (χ0v) is 10.4. The molecule has 0 saturated carbocycles. The Kier molecular flexibility index (Phi) is 2.74. The van der Waals surface area contributed by atoms with Gasteiger partial charge < -0.3 is 14.4 Å². The number of rotatable bonds is 1. The van der Waals surface area contributed by atoms with Gasteiger partial charge in [0.1, 0.15) is 18.0 Å². The van der Waals surface area contributed by atoms with E-state index in [1.165, 1.54) is 0 Å². The average molecular weight is 248 g/mol. The quantitative estimate of drug-likeness (QED) is 0.760. The van der Waals surface area contributed by atoms with Crippen LogP contribution in [-0.4, -0.2) is 38.9 Å². The highest BCUT2D eigenvalue weighted by Crippen LogP contribution is 2.42. The standard InChI is InChI=1S/C13H16N2O3/c1-2-17-13(16)15-7-6-14-8-9-18-11-5-3-4-10(15)12(11)14/h3-5H,2,6-9H2,1H3. The molecule has 1 amide bonds. The van der Waals surface area contributed by atoms with E-state index < -0.39 is 0 Å². The molecule has 0 atom stereocenters. The molecular formula is C13H16N2O3. The molecule has 2 heterocycles. The first-order valence-electron chi connectivity index (χ1n) is 6.26. The second-order valence-electron chi connectivity index (χ2n) is 4.31. The molecule has 1 aromatic carbocycles. The van der Waals surface area contributed by atoms with Gasteiger partial charge in [0.05, 0.1) is 18.8 Å². The Bertz CT molecular complexity index is 475. The molecule has 0 fully saturated rings. The fourth-order valence-electron chi connectivity index (χ4n) is 2.50. The lowest BCUT2D eigenvalue weighted by Crippen LogP contribution is -2.47. The highest BCUT2D eigenvalue weighted by molar-refractivity contribution is 5.95. The summed E-state index contributed by atoms with van der Waals surface area (Å²) in [6.07, 6.45) is -0.281. The summed E-state index contributed by atoms with van der Waals surface area (Å²) in [7, 11) is 0. The molecule has 0 bridgehead atoms. The minimum Gasteiger partial charge on any atom is -0.489 e. The molecule has 0 N–H and O–H groups in total. The molecule has 5 heteroatoms. The molecule has 96 valence electrons. The fraction of sp³-hybridized carbons (Fsp3) is 0.462. The van der Waals surface area contributed by atoms with Crippen LogP contribution in [0.2, 0.25) is 0 Å². The third-order valence-electron chi connectivity index (χ3n) is 3.29. The smallest absolute Gasteiger partial charge is 0.414 e. The Balaban J connectivity index is 2.01. The lowest BCUT2D eigenvalue weighted by molar-refractivity contribution is 0.159. The molecule has 2 aliphatic rings. The summed E-state index contributed by atoms with van der Waals surface area (Å²) in [5.41, 5.74) is 1.90. The molecule has 0 unspecified atom stereocenters. The number of nitrogens with zero attached hydrogens (tertiary/aromatic N) is 2. The van der Waals surface area contributed by atoms with Gasteiger partial charge in [-0.15, -0.1) is 0 Å². The topological polar surface area (TPSA) is 42.0 Å². The molecule has 1 aromatic rings. The Morgan fingerprint density at radius 3 is 3.11 bits per heavy atom. The van der Waals surface area contributed by atoms with Gasteiger partial charge in [-0.1, -0.05) is 6.07 Å². The van der Waals surface area contributed by atoms with Gasteiger partial charge in [0.25, 0.3) is 0 Å². The summed E-state index contributed by atoms with van der Waals surface area (Å²) < 4.78 is 10.7. The van der Waals surface area contributed by atoms with Gasteiger partial charge in [-0.25, -0.2) is 4.79 Å². The molecule has 0 aliphatic carbocycles. The number of anilines is 2. The Labute approximate surface area is 106 Å². The van der Waals surface area contributed by atoms with Gasteiger partial charge in [0.2, 0.25) is 0 Å². The van der Waals surface area contributed by atoms with Gasteiger partial charge in [0.15, 0.2) is 0 Å². The van der Waals surface area contributed by atoms with Crippen LogP contribution >= 0.6 is 0 Å². The molecule has 0 radical (unpaired) electrons. The predicted molar refractivity (Wildman–Crippen MR) is 68.5 cm³/mol. The Morgan fingerprint density at radius 2 is 2.28 bits per heavy atom. The minimum absolute atomic E-state index is 0.281. The Morgan fingerprint density at radius 1 is 1.39 bits per heavy atom. The first-order valence-corrected chi connectivity index (χ1v) is 6.26. The summed E-state index contributed by atoms with van der Waals surface area (Å²) in [5.74, 6) is 0.854. The molecular weight excluding hydrogens is 232 g/mol. The van der Waals surface area contributed by atoms with Crippen LogP contribution in [-0.2, 0) is 4.74 Å². The van der Waals surface area contributed by atoms with E-state index in [2.05, 4.69) is 4.90 Å². The molecule has 5 nitrogen and oxygen atoms in total. The van der Waals surface area contributed by atoms with Crippen molar-refractivity contribution in [3.8, 4) is 5.75 Å². The van der Waals surface area contributed by atoms with Gasteiger partial charge >= 0.3 is 6.09 Å². The van der Waals surface area contributed by atoms with E-state index in [0.717, 1.165) is 30.2 Å². The van der Waals surface area contributed by atoms with E-state index in [0.29, 0.717) is 19.8 Å². The minimum atomic E-state index is -0.281. The lowest BCUT2D eigenvalue weighted by Gasteiger charge is -2.40. The highest BCUT2D eigenvalue weighted by atomic mass is 16.6. The van der Waals surface area contributed by atoms with Crippen molar-refractivity contribution >= 4 is 17.5 Å². The maximum atomic E-state index is 11.9. The normalized spacial score (nSPS) is 16.9. The number of hydrogen-bond donors (Lipinski definition) is 0. The highest BCUT2D eigenvalue weighted by Gasteiger charge is 2.31. The number of ether oxygens (including phenoxy) is 2. The summed E-state index contributed by atoms with van der Waals surface area (Å²) in [5, 5.41) is 0. The van der Waals surface area contributed by atoms with E-state index in [9.17, 15) is 4.79 Å². The van der Waals surface area contributed by atoms with Crippen LogP contribution in [0.25, 0.3) is 0 Å². The van der Waals surface area contributed by atoms with Crippen LogP contribution in [0, 0.1) is 0 Å². The summed E-state index contributed by atoms with van der Waals surface area (Å²) >= 11 is 0. The number of hydrogen-bond acceptors (Lipinski definition) is 4. The number of para-hydroxylation sites is 1. The van der Waals surface area contributed by atoms with Crippen molar-refractivity contribution in [2.75, 3.05) is 42.6 Å². The van der Waals surface area contributed by atoms with E-state index in [4.69, 9.17) is 9.47 Å². The molecule has 0 spiro atoms. The van der Waals surface area contributed by atoms with Crippen molar-refractivity contribution < 1.29 is 14.3 Å². The Hall–Kier alpha value is -1.91. The van der Waals surface area contributed by atoms with Crippen molar-refractivity contribution in [2.24, 2.45) is 0 Å². The van der Waals surface area contributed by atoms with Crippen LogP contribution in [0.4, 0.5) is 16.2 Å². The average Bonchev–Trinajstić information content (AvgIpc) is 2.40. The lowest BCUT2D eigenvalue weighted by atomic mass is 10.1. The van der Waals surface area contributed by atoms with Crippen LogP contribution in [0.3, 0.4) is 0 Å². The number of carbonyl (C=O) groups is 1. The van der Waals surface area contributed by atoms with Crippen LogP contribution in [0.1, 0.15) is 6.92 Å². The van der Waals surface area contributed by atoms with Crippen molar-refractivity contribution in [1.29, 1.82) is 0 Å². The zero-order valence-electron chi connectivity index (χ0n) is 10.4. The van der Waals surface area contributed by atoms with E-state index >= 15 is 0 Å². The summed E-state index contributed by atoms with van der Waals surface area (Å²) in [4.78, 5) is 15.9. The van der Waals surface area contributed by atoms with Crippen LogP contribution in [0.15, 0.2) is 18.2 Å². The molecule has 0 aromatic heterocycles. The van der Waals surface area contributed by atoms with Crippen molar-refractivity contribution in [1.82, 2.24) is 0 Å². The third kappa shape index (κ3) is 1.66. The third-order valence-corrected chi connectivity index (χ3v) is 3.29. The monoisotopic (exact) mass is 248 g/mol. The maximum Gasteiger partial charge on any atom is 0.414 e. The van der Waals surface area contributed by atoms with Crippen molar-refractivity contribution in [3.05, 3.63) is 18.2 Å². The second-order valence-corrected chi connectivity index (χ2v) is 4.31. The molecule has 18 heavy (non-hydrogen) atoms. The van der Waals surface area contributed by atoms with Crippen molar-refractivity contribution in [2.45, 2.75) is 6.92 Å². The van der Waals surface area contributed by atoms with Gasteiger partial charge in [-0.3, -0.25) is 4.90 Å². The van der Waals surface area contributed by atoms with E-state index in [1.54, 1.807) is 4.90 Å². The number of carbonyl (C=O) groups excluding carboxylic acids is 1. The SMILES string of the molecule is CCOC(=O)N1CCN2CCOc3cccc1c32. The first kappa shape index (κ1) is 11.2. The zero-order chi connectivity index (χ0) is 12.5. The first-order chi connectivity index (χ1) is 8.81. The maximum absolute atomic E-state index is 11.9. The van der Waals surface area contributed by atoms with E-state index in [-0.39, 0.29) is 6.09 Å². The van der Waals surface area contributed by atoms with Crippen LogP contribution < -0.4 is 14.5 Å². The predicted octanol–water partition coefficient (Wildman–Crippen LogP) is 1.86. The summed E-state index contributed by atoms with van der Waals surface area (Å²) in [6.45, 7) is 5.28. The molecule has 3 rings (SSSR count). The second kappa shape index (κ2) is 4.40. The summed E-state index contributed by atoms with van der Waals surface area (Å²) in [6, 6.07) is 5.80.